The monoisotopic (exact) mass is 495 g/mol. The lowest BCUT2D eigenvalue weighted by molar-refractivity contribution is -0.118. The highest BCUT2D eigenvalue weighted by atomic mass is 35.5. The van der Waals surface area contributed by atoms with E-state index >= 15 is 0 Å². The predicted molar refractivity (Wildman–Crippen MR) is 124 cm³/mol. The van der Waals surface area contributed by atoms with Crippen LogP contribution in [0.2, 0.25) is 0 Å². The normalized spacial score (nSPS) is 12.1. The number of amides is 2. The summed E-state index contributed by atoms with van der Waals surface area (Å²) < 4.78 is 16.1. The molecule has 33 heavy (non-hydrogen) atoms. The third-order valence-corrected chi connectivity index (χ3v) is 5.52. The summed E-state index contributed by atoms with van der Waals surface area (Å²) in [6, 6.07) is 3.64. The van der Waals surface area contributed by atoms with Crippen molar-refractivity contribution < 1.29 is 14.0 Å². The first-order valence-corrected chi connectivity index (χ1v) is 11.1. The van der Waals surface area contributed by atoms with Crippen LogP contribution in [0.4, 0.5) is 10.2 Å². The number of carbonyl (C=O) groups excluding carboxylic acids is 2. The Kier molecular flexibility index (Phi) is 8.04. The molecule has 1 atom stereocenters. The van der Waals surface area contributed by atoms with E-state index in [-0.39, 0.29) is 17.8 Å². The first-order chi connectivity index (χ1) is 15.7. The van der Waals surface area contributed by atoms with Gasteiger partial charge in [0.1, 0.15) is 22.4 Å². The Hall–Kier alpha value is -2.98. The lowest BCUT2D eigenvalue weighted by Crippen LogP contribution is -2.44. The van der Waals surface area contributed by atoms with Gasteiger partial charge in [0.25, 0.3) is 5.91 Å². The molecule has 0 saturated heterocycles. The van der Waals surface area contributed by atoms with Gasteiger partial charge in [0, 0.05) is 30.1 Å². The Bertz CT molecular complexity index is 1130. The summed E-state index contributed by atoms with van der Waals surface area (Å²) in [4.78, 5) is 28.8. The molecule has 0 aromatic carbocycles. The van der Waals surface area contributed by atoms with Crippen molar-refractivity contribution in [2.45, 2.75) is 44.0 Å². The van der Waals surface area contributed by atoms with Gasteiger partial charge in [-0.25, -0.2) is 4.98 Å². The standard InChI is InChI=1S/C21H24Cl2FN7O2/c1-11-18(12(2)30-29-11)13-7-8-17(27-19(13)24)28-20(32)14(5-4-6-16(22)23)26-21(33)15-9-10-25-31(15)3/h7-10,14,16H,4-6H2,1-3H3,(H,26,33)(H,29,30)(H,27,28,32)/t14-/m0/s1. The molecular weight excluding hydrogens is 472 g/mol. The zero-order chi connectivity index (χ0) is 24.1. The molecule has 0 unspecified atom stereocenters. The van der Waals surface area contributed by atoms with Gasteiger partial charge in [-0.05, 0) is 51.3 Å². The van der Waals surface area contributed by atoms with Crippen LogP contribution in [-0.4, -0.2) is 47.7 Å². The number of nitrogens with zero attached hydrogens (tertiary/aromatic N) is 4. The molecule has 3 N–H and O–H groups in total. The number of aromatic nitrogens is 5. The highest BCUT2D eigenvalue weighted by Crippen LogP contribution is 2.28. The van der Waals surface area contributed by atoms with E-state index in [1.165, 1.54) is 29.1 Å². The quantitative estimate of drug-likeness (QED) is 0.309. The number of aromatic amines is 1. The van der Waals surface area contributed by atoms with Gasteiger partial charge in [-0.2, -0.15) is 14.6 Å². The van der Waals surface area contributed by atoms with Crippen LogP contribution < -0.4 is 10.6 Å². The van der Waals surface area contributed by atoms with Gasteiger partial charge in [-0.15, -0.1) is 23.2 Å². The molecule has 0 aliphatic rings. The molecule has 2 amide bonds. The highest BCUT2D eigenvalue weighted by Gasteiger charge is 2.24. The van der Waals surface area contributed by atoms with Crippen molar-refractivity contribution in [2.75, 3.05) is 5.32 Å². The van der Waals surface area contributed by atoms with Crippen LogP contribution in [0, 0.1) is 19.8 Å². The van der Waals surface area contributed by atoms with E-state index in [2.05, 4.69) is 30.9 Å². The van der Waals surface area contributed by atoms with Gasteiger partial charge in [0.15, 0.2) is 0 Å². The Balaban J connectivity index is 1.75. The van der Waals surface area contributed by atoms with E-state index in [0.717, 1.165) is 0 Å². The molecule has 0 radical (unpaired) electrons. The lowest BCUT2D eigenvalue weighted by atomic mass is 10.1. The van der Waals surface area contributed by atoms with Gasteiger partial charge in [-0.1, -0.05) is 0 Å². The zero-order valence-corrected chi connectivity index (χ0v) is 19.8. The third kappa shape index (κ3) is 6.08. The van der Waals surface area contributed by atoms with Crippen molar-refractivity contribution >= 4 is 40.8 Å². The minimum absolute atomic E-state index is 0.0207. The second-order valence-electron chi connectivity index (χ2n) is 7.52. The van der Waals surface area contributed by atoms with Crippen molar-refractivity contribution in [1.82, 2.24) is 30.3 Å². The van der Waals surface area contributed by atoms with Crippen LogP contribution in [-0.2, 0) is 11.8 Å². The Morgan fingerprint density at radius 3 is 2.55 bits per heavy atom. The molecule has 12 heteroatoms. The van der Waals surface area contributed by atoms with E-state index < -0.39 is 28.6 Å². The molecule has 3 aromatic heterocycles. The molecular formula is C21H24Cl2FN7O2. The fourth-order valence-electron chi connectivity index (χ4n) is 3.43. The molecule has 3 rings (SSSR count). The van der Waals surface area contributed by atoms with E-state index in [0.29, 0.717) is 35.5 Å². The van der Waals surface area contributed by atoms with Crippen LogP contribution >= 0.6 is 23.2 Å². The summed E-state index contributed by atoms with van der Waals surface area (Å²) in [5.74, 6) is -1.74. The van der Waals surface area contributed by atoms with Gasteiger partial charge in [-0.3, -0.25) is 19.4 Å². The van der Waals surface area contributed by atoms with Crippen molar-refractivity contribution in [3.8, 4) is 11.1 Å². The largest absolute Gasteiger partial charge is 0.339 e. The molecule has 0 fully saturated rings. The van der Waals surface area contributed by atoms with Crippen molar-refractivity contribution in [2.24, 2.45) is 7.05 Å². The lowest BCUT2D eigenvalue weighted by Gasteiger charge is -2.18. The van der Waals surface area contributed by atoms with Crippen molar-refractivity contribution in [3.63, 3.8) is 0 Å². The smallest absolute Gasteiger partial charge is 0.270 e. The minimum atomic E-state index is -0.914. The number of carbonyl (C=O) groups is 2. The average Bonchev–Trinajstić information content (AvgIpc) is 3.32. The van der Waals surface area contributed by atoms with Crippen molar-refractivity contribution in [3.05, 3.63) is 47.4 Å². The van der Waals surface area contributed by atoms with Gasteiger partial charge in [0.2, 0.25) is 11.9 Å². The molecule has 3 aromatic rings. The molecule has 0 aliphatic carbocycles. The number of H-pyrrole nitrogens is 1. The number of alkyl halides is 2. The number of nitrogens with one attached hydrogen (secondary N) is 3. The summed E-state index contributed by atoms with van der Waals surface area (Å²) in [7, 11) is 1.62. The van der Waals surface area contributed by atoms with Gasteiger partial charge < -0.3 is 10.6 Å². The number of pyridine rings is 1. The summed E-state index contributed by atoms with van der Waals surface area (Å²) in [5.41, 5.74) is 2.53. The maximum Gasteiger partial charge on any atom is 0.270 e. The molecule has 0 spiro atoms. The predicted octanol–water partition coefficient (Wildman–Crippen LogP) is 3.67. The Labute approximate surface area is 200 Å². The number of rotatable bonds is 9. The maximum absolute atomic E-state index is 14.7. The van der Waals surface area contributed by atoms with Crippen LogP contribution in [0.15, 0.2) is 24.4 Å². The van der Waals surface area contributed by atoms with E-state index in [1.807, 2.05) is 0 Å². The molecule has 0 bridgehead atoms. The first kappa shape index (κ1) is 24.7. The topological polar surface area (TPSA) is 118 Å². The summed E-state index contributed by atoms with van der Waals surface area (Å²) >= 11 is 11.6. The van der Waals surface area contributed by atoms with Crippen LogP contribution in [0.5, 0.6) is 0 Å². The fraction of sp³-hybridized carbons (Fsp3) is 0.381. The number of halogens is 3. The fourth-order valence-corrected chi connectivity index (χ4v) is 3.73. The molecule has 0 aliphatic heterocycles. The number of anilines is 1. The highest BCUT2D eigenvalue weighted by molar-refractivity contribution is 6.44. The Morgan fingerprint density at radius 1 is 1.21 bits per heavy atom. The molecule has 176 valence electrons. The van der Waals surface area contributed by atoms with Crippen LogP contribution in [0.1, 0.15) is 41.1 Å². The summed E-state index contributed by atoms with van der Waals surface area (Å²) in [6.07, 6.45) is 2.69. The van der Waals surface area contributed by atoms with E-state index in [9.17, 15) is 14.0 Å². The van der Waals surface area contributed by atoms with Gasteiger partial charge in [0.05, 0.1) is 5.69 Å². The SMILES string of the molecule is Cc1n[nH]c(C)c1-c1ccc(NC(=O)[C@H](CCCC(Cl)Cl)NC(=O)c2ccnn2C)nc1F. The number of aryl methyl sites for hydroxylation is 3. The Morgan fingerprint density at radius 2 is 1.97 bits per heavy atom. The zero-order valence-electron chi connectivity index (χ0n) is 18.3. The maximum atomic E-state index is 14.7. The van der Waals surface area contributed by atoms with Crippen LogP contribution in [0.25, 0.3) is 11.1 Å². The minimum Gasteiger partial charge on any atom is -0.339 e. The third-order valence-electron chi connectivity index (χ3n) is 5.09. The van der Waals surface area contributed by atoms with Crippen LogP contribution in [0.3, 0.4) is 0 Å². The van der Waals surface area contributed by atoms with E-state index in [1.54, 1.807) is 20.9 Å². The number of hydrogen-bond donors (Lipinski definition) is 3. The van der Waals surface area contributed by atoms with E-state index in [4.69, 9.17) is 23.2 Å². The summed E-state index contributed by atoms with van der Waals surface area (Å²) in [6.45, 7) is 3.54. The second kappa shape index (κ2) is 10.8. The number of hydrogen-bond acceptors (Lipinski definition) is 5. The van der Waals surface area contributed by atoms with Gasteiger partial charge >= 0.3 is 0 Å². The van der Waals surface area contributed by atoms with Crippen molar-refractivity contribution in [1.29, 1.82) is 0 Å². The second-order valence-corrected chi connectivity index (χ2v) is 8.80. The summed E-state index contributed by atoms with van der Waals surface area (Å²) in [5, 5.41) is 16.1. The molecule has 3 heterocycles. The molecule has 9 nitrogen and oxygen atoms in total. The molecule has 0 saturated carbocycles. The first-order valence-electron chi connectivity index (χ1n) is 10.2. The average molecular weight is 496 g/mol.